The molecule has 1 aromatic carbocycles. The van der Waals surface area contributed by atoms with Crippen LogP contribution in [0.25, 0.3) is 0 Å². The van der Waals surface area contributed by atoms with Gasteiger partial charge in [0.1, 0.15) is 5.75 Å². The van der Waals surface area contributed by atoms with Crippen LogP contribution in [-0.4, -0.2) is 49.3 Å². The molecule has 0 radical (unpaired) electrons. The van der Waals surface area contributed by atoms with Gasteiger partial charge in [0.15, 0.2) is 6.10 Å². The van der Waals surface area contributed by atoms with Crippen molar-refractivity contribution in [3.8, 4) is 5.75 Å². The number of nitrogens with one attached hydrogen (secondary N) is 1. The number of piperidine rings is 1. The topological polar surface area (TPSA) is 41.6 Å². The normalized spacial score (nSPS) is 17.3. The van der Waals surface area contributed by atoms with Crippen LogP contribution in [0.3, 0.4) is 0 Å². The maximum atomic E-state index is 12.4. The molecule has 0 spiro atoms. The van der Waals surface area contributed by atoms with Crippen LogP contribution >= 0.6 is 11.8 Å². The van der Waals surface area contributed by atoms with Crippen LogP contribution in [0, 0.1) is 0 Å². The number of hydrogen-bond donors (Lipinski definition) is 1. The molecule has 1 N–H and O–H groups in total. The Morgan fingerprint density at radius 1 is 1.33 bits per heavy atom. The summed E-state index contributed by atoms with van der Waals surface area (Å²) >= 11 is 1.69. The van der Waals surface area contributed by atoms with E-state index in [1.165, 1.54) is 4.90 Å². The Hall–Kier alpha value is -1.20. The number of likely N-dealkylation sites (N-methyl/N-ethyl adjacent to an activating group) is 1. The van der Waals surface area contributed by atoms with Gasteiger partial charge in [0.25, 0.3) is 5.91 Å². The third-order valence-corrected chi connectivity index (χ3v) is 4.67. The van der Waals surface area contributed by atoms with Gasteiger partial charge in [-0.05, 0) is 63.4 Å². The molecule has 1 fully saturated rings. The molecule has 1 heterocycles. The molecule has 1 amide bonds. The summed E-state index contributed by atoms with van der Waals surface area (Å²) in [6.07, 6.45) is 3.61. The summed E-state index contributed by atoms with van der Waals surface area (Å²) in [4.78, 5) is 15.5. The fourth-order valence-electron chi connectivity index (χ4n) is 2.57. The van der Waals surface area contributed by atoms with Crippen LogP contribution < -0.4 is 10.1 Å². The monoisotopic (exact) mass is 308 g/mol. The van der Waals surface area contributed by atoms with Gasteiger partial charge in [-0.2, -0.15) is 0 Å². The summed E-state index contributed by atoms with van der Waals surface area (Å²) < 4.78 is 5.77. The maximum absolute atomic E-state index is 12.4. The van der Waals surface area contributed by atoms with E-state index in [1.54, 1.807) is 11.8 Å². The first-order chi connectivity index (χ1) is 10.1. The second kappa shape index (κ2) is 7.71. The van der Waals surface area contributed by atoms with Crippen LogP contribution in [0.1, 0.15) is 19.8 Å². The molecular weight excluding hydrogens is 284 g/mol. The SMILES string of the molecule is CSc1ccc(OC(C)C(=O)N(C)C2CCNCC2)cc1. The van der Waals surface area contributed by atoms with Crippen LogP contribution in [0.4, 0.5) is 0 Å². The summed E-state index contributed by atoms with van der Waals surface area (Å²) in [6.45, 7) is 3.78. The van der Waals surface area contributed by atoms with E-state index in [2.05, 4.69) is 5.32 Å². The molecule has 116 valence electrons. The number of ether oxygens (including phenoxy) is 1. The summed E-state index contributed by atoms with van der Waals surface area (Å²) in [6, 6.07) is 8.17. The van der Waals surface area contributed by atoms with Crippen molar-refractivity contribution >= 4 is 17.7 Å². The van der Waals surface area contributed by atoms with Crippen molar-refractivity contribution in [2.75, 3.05) is 26.4 Å². The van der Waals surface area contributed by atoms with E-state index in [0.29, 0.717) is 6.04 Å². The fraction of sp³-hybridized carbons (Fsp3) is 0.562. The number of benzene rings is 1. The van der Waals surface area contributed by atoms with Crippen molar-refractivity contribution in [2.24, 2.45) is 0 Å². The molecular formula is C16H24N2O2S. The van der Waals surface area contributed by atoms with Crippen LogP contribution in [0.15, 0.2) is 29.2 Å². The first-order valence-corrected chi connectivity index (χ1v) is 8.62. The highest BCUT2D eigenvalue weighted by Crippen LogP contribution is 2.20. The summed E-state index contributed by atoms with van der Waals surface area (Å²) in [5.74, 6) is 0.795. The van der Waals surface area contributed by atoms with Gasteiger partial charge in [-0.3, -0.25) is 4.79 Å². The molecule has 0 aromatic heterocycles. The van der Waals surface area contributed by atoms with Gasteiger partial charge < -0.3 is 15.0 Å². The third-order valence-electron chi connectivity index (χ3n) is 3.92. The van der Waals surface area contributed by atoms with Gasteiger partial charge in [-0.25, -0.2) is 0 Å². The Bertz CT molecular complexity index is 458. The fourth-order valence-corrected chi connectivity index (χ4v) is 2.98. The van der Waals surface area contributed by atoms with E-state index in [0.717, 1.165) is 31.7 Å². The largest absolute Gasteiger partial charge is 0.481 e. The number of nitrogens with zero attached hydrogens (tertiary/aromatic N) is 1. The second-order valence-corrected chi connectivity index (χ2v) is 6.25. The lowest BCUT2D eigenvalue weighted by molar-refractivity contribution is -0.139. The number of carbonyl (C=O) groups excluding carboxylic acids is 1. The molecule has 0 bridgehead atoms. The molecule has 1 aromatic rings. The maximum Gasteiger partial charge on any atom is 0.263 e. The van der Waals surface area contributed by atoms with Crippen molar-refractivity contribution in [2.45, 2.75) is 36.8 Å². The van der Waals surface area contributed by atoms with Crippen molar-refractivity contribution in [3.05, 3.63) is 24.3 Å². The van der Waals surface area contributed by atoms with Gasteiger partial charge in [0.2, 0.25) is 0 Å². The highest BCUT2D eigenvalue weighted by atomic mass is 32.2. The molecule has 1 unspecified atom stereocenters. The summed E-state index contributed by atoms with van der Waals surface area (Å²) in [5, 5.41) is 3.32. The zero-order valence-corrected chi connectivity index (χ0v) is 13.8. The van der Waals surface area contributed by atoms with E-state index >= 15 is 0 Å². The standard InChI is InChI=1S/C16H24N2O2S/c1-12(20-14-4-6-15(21-3)7-5-14)16(19)18(2)13-8-10-17-11-9-13/h4-7,12-13,17H,8-11H2,1-3H3. The van der Waals surface area contributed by atoms with Crippen LogP contribution in [-0.2, 0) is 4.79 Å². The van der Waals surface area contributed by atoms with E-state index in [-0.39, 0.29) is 5.91 Å². The number of hydrogen-bond acceptors (Lipinski definition) is 4. The number of rotatable bonds is 5. The molecule has 4 nitrogen and oxygen atoms in total. The third kappa shape index (κ3) is 4.38. The zero-order valence-electron chi connectivity index (χ0n) is 13.0. The predicted molar refractivity (Wildman–Crippen MR) is 87.0 cm³/mol. The quantitative estimate of drug-likeness (QED) is 0.848. The Labute approximate surface area is 131 Å². The molecule has 0 aliphatic carbocycles. The van der Waals surface area contributed by atoms with Gasteiger partial charge in [-0.1, -0.05) is 0 Å². The minimum Gasteiger partial charge on any atom is -0.481 e. The van der Waals surface area contributed by atoms with Gasteiger partial charge in [0.05, 0.1) is 0 Å². The Kier molecular flexibility index (Phi) is 5.94. The molecule has 0 saturated carbocycles. The van der Waals surface area contributed by atoms with Crippen molar-refractivity contribution in [3.63, 3.8) is 0 Å². The minimum absolute atomic E-state index is 0.0517. The van der Waals surface area contributed by atoms with E-state index in [9.17, 15) is 4.79 Å². The Balaban J connectivity index is 1.91. The Morgan fingerprint density at radius 3 is 2.52 bits per heavy atom. The van der Waals surface area contributed by atoms with Crippen molar-refractivity contribution in [1.82, 2.24) is 10.2 Å². The number of thioether (sulfide) groups is 1. The van der Waals surface area contributed by atoms with Crippen LogP contribution in [0.5, 0.6) is 5.75 Å². The average molecular weight is 308 g/mol. The molecule has 1 aliphatic heterocycles. The molecule has 5 heteroatoms. The van der Waals surface area contributed by atoms with E-state index in [4.69, 9.17) is 4.74 Å². The summed E-state index contributed by atoms with van der Waals surface area (Å²) in [7, 11) is 1.88. The lowest BCUT2D eigenvalue weighted by Gasteiger charge is -2.33. The highest BCUT2D eigenvalue weighted by Gasteiger charge is 2.26. The Morgan fingerprint density at radius 2 is 1.95 bits per heavy atom. The zero-order chi connectivity index (χ0) is 15.2. The average Bonchev–Trinajstić information content (AvgIpc) is 2.55. The minimum atomic E-state index is -0.454. The number of carbonyl (C=O) groups is 1. The van der Waals surface area contributed by atoms with E-state index < -0.39 is 6.10 Å². The van der Waals surface area contributed by atoms with Gasteiger partial charge in [0, 0.05) is 18.0 Å². The molecule has 2 rings (SSSR count). The molecule has 1 atom stereocenters. The molecule has 21 heavy (non-hydrogen) atoms. The first kappa shape index (κ1) is 16.2. The summed E-state index contributed by atoms with van der Waals surface area (Å²) in [5.41, 5.74) is 0. The lowest BCUT2D eigenvalue weighted by Crippen LogP contribution is -2.48. The second-order valence-electron chi connectivity index (χ2n) is 5.37. The van der Waals surface area contributed by atoms with Crippen LogP contribution in [0.2, 0.25) is 0 Å². The smallest absolute Gasteiger partial charge is 0.263 e. The van der Waals surface area contributed by atoms with Crippen molar-refractivity contribution < 1.29 is 9.53 Å². The molecule has 1 aliphatic rings. The van der Waals surface area contributed by atoms with Gasteiger partial charge >= 0.3 is 0 Å². The lowest BCUT2D eigenvalue weighted by atomic mass is 10.0. The van der Waals surface area contributed by atoms with Crippen molar-refractivity contribution in [1.29, 1.82) is 0 Å². The number of amides is 1. The first-order valence-electron chi connectivity index (χ1n) is 7.40. The molecule has 1 saturated heterocycles. The van der Waals surface area contributed by atoms with Gasteiger partial charge in [-0.15, -0.1) is 11.8 Å². The predicted octanol–water partition coefficient (Wildman–Crippen LogP) is 2.39. The van der Waals surface area contributed by atoms with E-state index in [1.807, 2.05) is 49.4 Å². The highest BCUT2D eigenvalue weighted by molar-refractivity contribution is 7.98.